The number of thiol groups is 1. The van der Waals surface area contributed by atoms with E-state index < -0.39 is 146 Å². The molecule has 0 heterocycles. The number of aliphatic hydroxyl groups is 2. The van der Waals surface area contributed by atoms with Crippen molar-refractivity contribution in [2.75, 3.05) is 32.1 Å². The number of carboxylic acids is 1. The van der Waals surface area contributed by atoms with E-state index in [1.54, 1.807) is 70.2 Å². The van der Waals surface area contributed by atoms with E-state index in [1.165, 1.54) is 19.1 Å². The van der Waals surface area contributed by atoms with E-state index >= 15 is 0 Å². The van der Waals surface area contributed by atoms with Crippen molar-refractivity contribution in [3.05, 3.63) is 65.7 Å². The Balaban J connectivity index is 2.11. The van der Waals surface area contributed by atoms with Gasteiger partial charge in [0.05, 0.1) is 32.3 Å². The lowest BCUT2D eigenvalue weighted by Gasteiger charge is -2.28. The summed E-state index contributed by atoms with van der Waals surface area (Å²) in [4.78, 5) is 129. The van der Waals surface area contributed by atoms with Crippen molar-refractivity contribution in [3.63, 3.8) is 0 Å². The number of phenolic OH excluding ortho intramolecular Hbond substituents is 1. The Kier molecular flexibility index (Phi) is 24.6. The molecule has 9 amide bonds. The van der Waals surface area contributed by atoms with Gasteiger partial charge in [-0.3, -0.25) is 43.2 Å². The Labute approximate surface area is 403 Å². The summed E-state index contributed by atoms with van der Waals surface area (Å²) in [6.07, 6.45) is -0.0308. The topological polar surface area (TPSA) is 386 Å². The van der Waals surface area contributed by atoms with Crippen LogP contribution >= 0.6 is 12.6 Å². The summed E-state index contributed by atoms with van der Waals surface area (Å²) < 4.78 is 0. The Bertz CT molecular complexity index is 2100. The van der Waals surface area contributed by atoms with Gasteiger partial charge in [-0.05, 0) is 48.4 Å². The number of aliphatic hydroxyl groups excluding tert-OH is 2. The van der Waals surface area contributed by atoms with E-state index in [9.17, 15) is 63.3 Å². The van der Waals surface area contributed by atoms with Gasteiger partial charge in [0.1, 0.15) is 48.0 Å². The van der Waals surface area contributed by atoms with Crippen LogP contribution in [-0.4, -0.2) is 160 Å². The van der Waals surface area contributed by atoms with Crippen LogP contribution in [0.4, 0.5) is 0 Å². The van der Waals surface area contributed by atoms with Crippen LogP contribution in [0, 0.1) is 11.8 Å². The largest absolute Gasteiger partial charge is 0.508 e. The van der Waals surface area contributed by atoms with Crippen LogP contribution in [0.15, 0.2) is 54.6 Å². The fourth-order valence-corrected chi connectivity index (χ4v) is 6.42. The van der Waals surface area contributed by atoms with E-state index in [2.05, 4.69) is 60.5 Å². The van der Waals surface area contributed by atoms with Gasteiger partial charge in [-0.15, -0.1) is 0 Å². The van der Waals surface area contributed by atoms with Gasteiger partial charge in [0, 0.05) is 12.2 Å². The van der Waals surface area contributed by atoms with E-state index in [0.717, 1.165) is 0 Å². The first-order chi connectivity index (χ1) is 32.5. The van der Waals surface area contributed by atoms with Crippen LogP contribution in [0.3, 0.4) is 0 Å². The maximum atomic E-state index is 13.8. The number of rotatable bonds is 28. The molecule has 0 spiro atoms. The molecule has 69 heavy (non-hydrogen) atoms. The first-order valence-electron chi connectivity index (χ1n) is 21.8. The third-order valence-corrected chi connectivity index (χ3v) is 10.6. The molecule has 0 radical (unpaired) electrons. The molecule has 380 valence electrons. The average Bonchev–Trinajstić information content (AvgIpc) is 3.30. The molecule has 2 aromatic carbocycles. The average molecular weight is 989 g/mol. The minimum absolute atomic E-state index is 0.0357. The second-order valence-corrected chi connectivity index (χ2v) is 16.9. The molecule has 2 rings (SSSR count). The third-order valence-electron chi connectivity index (χ3n) is 10.2. The van der Waals surface area contributed by atoms with Gasteiger partial charge in [0.25, 0.3) is 0 Å². The SMILES string of the molecule is CC(C)[C@H](NC(=O)[C@H](C)NC(=O)[C@@H](N)Cc1ccc(O)cc1)C(=O)N[C@@H](Cc1ccccc1)C(=O)N[C@@H](CO)C(=O)N[C@@H](CO)C(=O)N[C@H](C(=O)NCC(=O)NCC(=O)N[C@@H](CS)C(=O)O)C(C)C. The van der Waals surface area contributed by atoms with Crippen molar-refractivity contribution in [1.82, 2.24) is 47.9 Å². The van der Waals surface area contributed by atoms with Crippen LogP contribution in [0.5, 0.6) is 5.75 Å². The fraction of sp³-hybridized carbons (Fsp3) is 0.500. The molecule has 15 N–H and O–H groups in total. The molecule has 0 fully saturated rings. The van der Waals surface area contributed by atoms with Crippen molar-refractivity contribution < 1.29 is 68.4 Å². The molecular formula is C44H64N10O14S. The van der Waals surface area contributed by atoms with Gasteiger partial charge in [-0.1, -0.05) is 70.2 Å². The third kappa shape index (κ3) is 20.1. The van der Waals surface area contributed by atoms with Crippen LogP contribution in [0.25, 0.3) is 0 Å². The number of benzene rings is 2. The monoisotopic (exact) mass is 988 g/mol. The number of hydrogen-bond acceptors (Lipinski definition) is 15. The fourth-order valence-electron chi connectivity index (χ4n) is 6.17. The predicted molar refractivity (Wildman–Crippen MR) is 250 cm³/mol. The number of phenols is 1. The summed E-state index contributed by atoms with van der Waals surface area (Å²) in [6, 6.07) is 3.49. The highest BCUT2D eigenvalue weighted by Gasteiger charge is 2.34. The zero-order chi connectivity index (χ0) is 52.0. The standard InChI is InChI=1S/C44H64N10O14S/c1-22(2)35(42(65)47-17-33(58)46-18-34(59)49-32(21-69)44(67)68)54-41(64)31(20-56)52-40(63)30(19-55)51-39(62)29(16-25-9-7-6-8-10-25)50-43(66)36(23(3)4)53-37(60)24(5)48-38(61)28(45)15-26-11-13-27(57)14-12-26/h6-14,22-24,28-32,35-36,55-57,69H,15-21,45H2,1-5H3,(H,46,58)(H,47,65)(H,48,61)(H,49,59)(H,50,66)(H,51,62)(H,52,63)(H,53,60)(H,54,64)(H,67,68)/t24-,28-,29-,30-,31-,32-,35-,36-/m0/s1. The number of amides is 9. The van der Waals surface area contributed by atoms with Crippen molar-refractivity contribution in [3.8, 4) is 5.75 Å². The second kappa shape index (κ2) is 29.1. The minimum Gasteiger partial charge on any atom is -0.508 e. The van der Waals surface area contributed by atoms with E-state index in [-0.39, 0.29) is 24.3 Å². The Morgan fingerprint density at radius 1 is 0.522 bits per heavy atom. The van der Waals surface area contributed by atoms with Crippen LogP contribution in [-0.2, 0) is 60.8 Å². The molecule has 0 bridgehead atoms. The molecule has 8 atom stereocenters. The Hall–Kier alpha value is -6.83. The van der Waals surface area contributed by atoms with Gasteiger partial charge in [0.15, 0.2) is 0 Å². The highest BCUT2D eigenvalue weighted by atomic mass is 32.1. The van der Waals surface area contributed by atoms with Crippen molar-refractivity contribution in [2.45, 2.75) is 95.8 Å². The molecular weight excluding hydrogens is 925 g/mol. The van der Waals surface area contributed by atoms with Gasteiger partial charge < -0.3 is 74.0 Å². The molecule has 2 aromatic rings. The summed E-state index contributed by atoms with van der Waals surface area (Å²) in [5.41, 5.74) is 7.28. The molecule has 25 heteroatoms. The summed E-state index contributed by atoms with van der Waals surface area (Å²) in [5.74, 6) is -10.6. The molecule has 24 nitrogen and oxygen atoms in total. The zero-order valence-electron chi connectivity index (χ0n) is 38.8. The molecule has 0 aliphatic rings. The maximum absolute atomic E-state index is 13.8. The van der Waals surface area contributed by atoms with Gasteiger partial charge >= 0.3 is 5.97 Å². The van der Waals surface area contributed by atoms with Crippen molar-refractivity contribution in [1.29, 1.82) is 0 Å². The number of carbonyl (C=O) groups excluding carboxylic acids is 9. The summed E-state index contributed by atoms with van der Waals surface area (Å²) >= 11 is 3.83. The highest BCUT2D eigenvalue weighted by molar-refractivity contribution is 7.80. The van der Waals surface area contributed by atoms with E-state index in [1.807, 2.05) is 0 Å². The lowest BCUT2D eigenvalue weighted by atomic mass is 10.0. The normalized spacial score (nSPS) is 14.5. The number of nitrogens with one attached hydrogen (secondary N) is 9. The Morgan fingerprint density at radius 3 is 1.52 bits per heavy atom. The molecule has 0 aliphatic heterocycles. The van der Waals surface area contributed by atoms with Crippen LogP contribution in [0.2, 0.25) is 0 Å². The summed E-state index contributed by atoms with van der Waals surface area (Å²) in [6.45, 7) is 4.42. The van der Waals surface area contributed by atoms with Crippen molar-refractivity contribution in [2.24, 2.45) is 17.6 Å². The minimum atomic E-state index is -1.75. The second-order valence-electron chi connectivity index (χ2n) is 16.5. The number of carbonyl (C=O) groups is 10. The summed E-state index contributed by atoms with van der Waals surface area (Å²) in [7, 11) is 0. The smallest absolute Gasteiger partial charge is 0.327 e. The lowest BCUT2D eigenvalue weighted by molar-refractivity contribution is -0.141. The van der Waals surface area contributed by atoms with Gasteiger partial charge in [-0.25, -0.2) is 4.79 Å². The first kappa shape index (κ1) is 58.3. The molecule has 0 saturated carbocycles. The molecule has 0 aliphatic carbocycles. The molecule has 0 saturated heterocycles. The highest BCUT2D eigenvalue weighted by Crippen LogP contribution is 2.12. The first-order valence-corrected chi connectivity index (χ1v) is 22.4. The zero-order valence-corrected chi connectivity index (χ0v) is 39.7. The number of aromatic hydroxyl groups is 1. The Morgan fingerprint density at radius 2 is 1.00 bits per heavy atom. The number of nitrogens with two attached hydrogens (primary N) is 1. The van der Waals surface area contributed by atoms with Gasteiger partial charge in [0.2, 0.25) is 53.2 Å². The van der Waals surface area contributed by atoms with Gasteiger partial charge in [-0.2, -0.15) is 12.6 Å². The van der Waals surface area contributed by atoms with Crippen molar-refractivity contribution >= 4 is 71.8 Å². The quantitative estimate of drug-likeness (QED) is 0.0357. The molecule has 0 unspecified atom stereocenters. The van der Waals surface area contributed by atoms with E-state index in [0.29, 0.717) is 11.1 Å². The number of carboxylic acid groups (broad SMARTS) is 1. The maximum Gasteiger partial charge on any atom is 0.327 e. The van der Waals surface area contributed by atoms with E-state index in [4.69, 9.17) is 10.8 Å². The molecule has 0 aromatic heterocycles. The van der Waals surface area contributed by atoms with Crippen LogP contribution in [0.1, 0.15) is 45.7 Å². The van der Waals surface area contributed by atoms with Crippen LogP contribution < -0.4 is 53.6 Å². The lowest BCUT2D eigenvalue weighted by Crippen LogP contribution is -2.62. The number of aliphatic carboxylic acids is 1. The predicted octanol–water partition coefficient (Wildman–Crippen LogP) is -4.54. The number of hydrogen-bond donors (Lipinski definition) is 15. The summed E-state index contributed by atoms with van der Waals surface area (Å²) in [5, 5.41) is 60.0.